The van der Waals surface area contributed by atoms with Gasteiger partial charge in [0.25, 0.3) is 0 Å². The highest BCUT2D eigenvalue weighted by Gasteiger charge is 2.34. The minimum atomic E-state index is -1.58. The molecule has 0 aliphatic rings. The molecule has 356 valence electrons. The Labute approximate surface area is 387 Å². The zero-order valence-corrected chi connectivity index (χ0v) is 37.1. The van der Waals surface area contributed by atoms with Crippen molar-refractivity contribution in [3.05, 3.63) is 116 Å². The number of rotatable bonds is 22. The van der Waals surface area contributed by atoms with Gasteiger partial charge in [0.1, 0.15) is 33.5 Å². The molecule has 4 aromatic rings. The molecule has 67 heavy (non-hydrogen) atoms. The number of aryl methyl sites for hydroxylation is 1. The van der Waals surface area contributed by atoms with E-state index < -0.39 is 89.6 Å². The predicted octanol–water partition coefficient (Wildman–Crippen LogP) is 4.27. The fraction of sp³-hybridized carbons (Fsp3) is 0.256. The van der Waals surface area contributed by atoms with Crippen molar-refractivity contribution < 1.29 is 77.0 Å². The predicted molar refractivity (Wildman–Crippen MR) is 237 cm³/mol. The molecular formula is C43H44F2N6O14S2. The lowest BCUT2D eigenvalue weighted by atomic mass is 9.87. The van der Waals surface area contributed by atoms with E-state index in [0.29, 0.717) is 9.75 Å². The van der Waals surface area contributed by atoms with Crippen LogP contribution in [0.2, 0.25) is 0 Å². The van der Waals surface area contributed by atoms with Crippen LogP contribution in [0.1, 0.15) is 73.3 Å². The van der Waals surface area contributed by atoms with E-state index in [4.69, 9.17) is 47.1 Å². The number of hydrogen-bond donors (Lipinski definition) is 9. The molecule has 11 N–H and O–H groups in total. The van der Waals surface area contributed by atoms with Gasteiger partial charge in [-0.2, -0.15) is 0 Å². The van der Waals surface area contributed by atoms with Gasteiger partial charge < -0.3 is 51.6 Å². The quantitative estimate of drug-likeness (QED) is 0.0175. The molecule has 24 heteroatoms. The van der Waals surface area contributed by atoms with Gasteiger partial charge in [-0.3, -0.25) is 30.0 Å². The maximum absolute atomic E-state index is 14.1. The number of benzene rings is 2. The minimum Gasteiger partial charge on any atom is -0.481 e. The number of carboxylic acids is 4. The maximum atomic E-state index is 14.1. The lowest BCUT2D eigenvalue weighted by molar-refractivity contribution is -0.154. The number of nitrogen functional groups attached to an aromatic ring is 2. The number of halogens is 2. The lowest BCUT2D eigenvalue weighted by Gasteiger charge is -2.27. The van der Waals surface area contributed by atoms with Crippen molar-refractivity contribution in [1.29, 1.82) is 10.8 Å². The molecule has 0 saturated carbocycles. The summed E-state index contributed by atoms with van der Waals surface area (Å²) in [5, 5.41) is 53.0. The standard InChI is InChI=1S/C22H22FN3O7S.C21H22FN3O7S/c1-2-9-26(15(21(30)31)11-19(28)29)18(27)8-5-13-4-7-17(34-13)22(32)33-16-6-3-12(20(24)25)10-14(16)23;1-21(2,20(31)25-13(18(28)29)8-16(26)27)9-11-4-6-15(33-11)19(30)32-14-5-3-10(17(23)24)7-12(14)22/h2-4,6-7,10,15H,1,5,8-9,11H2,(H3,24,25)(H,28,29)(H,30,31);3-7,13H,8-9H2,1-2H3,(H3,23,24)(H,25,31)(H,26,27)(H,28,29)/t15-;13-/m00/s1. The molecule has 2 atom stereocenters. The van der Waals surface area contributed by atoms with Crippen LogP contribution in [0.3, 0.4) is 0 Å². The van der Waals surface area contributed by atoms with Gasteiger partial charge in [-0.1, -0.05) is 19.9 Å². The number of carbonyl (C=O) groups excluding carboxylic acids is 4. The van der Waals surface area contributed by atoms with Crippen LogP contribution in [0.5, 0.6) is 11.5 Å². The normalized spacial score (nSPS) is 11.6. The number of amides is 2. The highest BCUT2D eigenvalue weighted by atomic mass is 32.1. The largest absolute Gasteiger partial charge is 0.481 e. The Hall–Kier alpha value is -7.86. The SMILES string of the molecule is C=CCN(C(=O)CCc1ccc(C(=O)Oc2ccc(C(=N)N)cc2F)s1)[C@@H](CC(=O)O)C(=O)O.CC(C)(Cc1ccc(C(=O)Oc2ccc(C(=N)N)cc2F)s1)C(=O)N[C@@H](CC(=O)O)C(=O)O. The molecule has 0 aliphatic heterocycles. The Morgan fingerprint density at radius 3 is 1.66 bits per heavy atom. The Kier molecular flexibility index (Phi) is 19.1. The summed E-state index contributed by atoms with van der Waals surface area (Å²) in [7, 11) is 0. The number of thiophene rings is 2. The molecule has 2 aromatic carbocycles. The molecule has 2 aromatic heterocycles. The number of amidine groups is 2. The highest BCUT2D eigenvalue weighted by molar-refractivity contribution is 7.14. The van der Waals surface area contributed by atoms with Crippen molar-refractivity contribution >= 4 is 82.0 Å². The molecule has 0 saturated heterocycles. The number of nitrogens with two attached hydrogens (primary N) is 2. The second-order valence-corrected chi connectivity index (χ2v) is 17.1. The van der Waals surface area contributed by atoms with Crippen LogP contribution in [-0.2, 0) is 41.6 Å². The average molecular weight is 971 g/mol. The number of nitrogens with zero attached hydrogens (tertiary/aromatic N) is 1. The summed E-state index contributed by atoms with van der Waals surface area (Å²) in [6, 6.07) is 9.92. The summed E-state index contributed by atoms with van der Waals surface area (Å²) in [5.41, 5.74) is 9.74. The molecule has 20 nitrogen and oxygen atoms in total. The van der Waals surface area contributed by atoms with E-state index in [1.54, 1.807) is 26.0 Å². The van der Waals surface area contributed by atoms with Gasteiger partial charge >= 0.3 is 35.8 Å². The minimum absolute atomic E-state index is 0.123. The van der Waals surface area contributed by atoms with Gasteiger partial charge in [0, 0.05) is 39.3 Å². The lowest BCUT2D eigenvalue weighted by Crippen LogP contribution is -2.48. The van der Waals surface area contributed by atoms with Crippen molar-refractivity contribution in [1.82, 2.24) is 10.2 Å². The first-order valence-electron chi connectivity index (χ1n) is 19.3. The first-order chi connectivity index (χ1) is 31.3. The van der Waals surface area contributed by atoms with Crippen LogP contribution < -0.4 is 26.3 Å². The van der Waals surface area contributed by atoms with Gasteiger partial charge in [0.05, 0.1) is 12.8 Å². The third kappa shape index (κ3) is 16.0. The third-order valence-corrected chi connectivity index (χ3v) is 11.3. The van der Waals surface area contributed by atoms with Crippen LogP contribution in [0, 0.1) is 27.9 Å². The first-order valence-corrected chi connectivity index (χ1v) is 21.0. The van der Waals surface area contributed by atoms with E-state index in [1.165, 1.54) is 42.5 Å². The Bertz CT molecular complexity index is 2590. The Balaban J connectivity index is 0.000000355. The highest BCUT2D eigenvalue weighted by Crippen LogP contribution is 2.29. The number of nitrogens with one attached hydrogen (secondary N) is 3. The zero-order chi connectivity index (χ0) is 50.3. The van der Waals surface area contributed by atoms with Crippen molar-refractivity contribution in [2.24, 2.45) is 16.9 Å². The van der Waals surface area contributed by atoms with Gasteiger partial charge in [-0.25, -0.2) is 28.0 Å². The second-order valence-electron chi connectivity index (χ2n) is 14.7. The fourth-order valence-corrected chi connectivity index (χ4v) is 7.66. The van der Waals surface area contributed by atoms with E-state index in [1.807, 2.05) is 0 Å². The molecule has 2 heterocycles. The van der Waals surface area contributed by atoms with Crippen molar-refractivity contribution in [3.63, 3.8) is 0 Å². The van der Waals surface area contributed by atoms with Crippen LogP contribution in [0.15, 0.2) is 73.3 Å². The number of carbonyl (C=O) groups is 8. The van der Waals surface area contributed by atoms with Crippen LogP contribution in [0.25, 0.3) is 0 Å². The molecule has 0 fully saturated rings. The van der Waals surface area contributed by atoms with Gasteiger partial charge in [0.15, 0.2) is 23.1 Å². The number of esters is 2. The molecule has 0 radical (unpaired) electrons. The molecular weight excluding hydrogens is 927 g/mol. The van der Waals surface area contributed by atoms with Crippen LogP contribution in [-0.4, -0.2) is 103 Å². The molecule has 0 unspecified atom stereocenters. The van der Waals surface area contributed by atoms with Crippen molar-refractivity contribution in [2.45, 2.75) is 58.0 Å². The number of aliphatic carboxylic acids is 4. The van der Waals surface area contributed by atoms with Crippen molar-refractivity contribution in [3.8, 4) is 11.5 Å². The molecule has 0 bridgehead atoms. The molecule has 2 amide bonds. The monoisotopic (exact) mass is 970 g/mol. The molecule has 0 aliphatic carbocycles. The average Bonchev–Trinajstić information content (AvgIpc) is 3.92. The van der Waals surface area contributed by atoms with Crippen LogP contribution >= 0.6 is 22.7 Å². The summed E-state index contributed by atoms with van der Waals surface area (Å²) in [6.45, 7) is 6.43. The third-order valence-electron chi connectivity index (χ3n) is 9.09. The van der Waals surface area contributed by atoms with Gasteiger partial charge in [-0.05, 0) is 73.5 Å². The molecule has 0 spiro atoms. The topological polar surface area (TPSA) is 351 Å². The first kappa shape index (κ1) is 53.5. The van der Waals surface area contributed by atoms with Crippen LogP contribution in [0.4, 0.5) is 8.78 Å². The fourth-order valence-electron chi connectivity index (χ4n) is 5.66. The number of hydrogen-bond acceptors (Lipinski definition) is 14. The summed E-state index contributed by atoms with van der Waals surface area (Å²) in [6.07, 6.45) is -0.0717. The maximum Gasteiger partial charge on any atom is 0.353 e. The van der Waals surface area contributed by atoms with E-state index in [2.05, 4.69) is 11.9 Å². The number of ether oxygens (including phenoxy) is 2. The smallest absolute Gasteiger partial charge is 0.353 e. The second kappa shape index (κ2) is 23.9. The number of carboxylic acid groups (broad SMARTS) is 4. The summed E-state index contributed by atoms with van der Waals surface area (Å²) in [5.74, 6) is -11.6. The summed E-state index contributed by atoms with van der Waals surface area (Å²) < 4.78 is 38.3. The van der Waals surface area contributed by atoms with E-state index >= 15 is 0 Å². The van der Waals surface area contributed by atoms with E-state index in [9.17, 15) is 52.2 Å². The molecule has 4 rings (SSSR count). The summed E-state index contributed by atoms with van der Waals surface area (Å²) >= 11 is 2.03. The Morgan fingerprint density at radius 1 is 0.761 bits per heavy atom. The summed E-state index contributed by atoms with van der Waals surface area (Å²) in [4.78, 5) is 96.7. The zero-order valence-electron chi connectivity index (χ0n) is 35.5. The van der Waals surface area contributed by atoms with Gasteiger partial charge in [-0.15, -0.1) is 29.3 Å². The Morgan fingerprint density at radius 2 is 1.24 bits per heavy atom. The van der Waals surface area contributed by atoms with Gasteiger partial charge in [0.2, 0.25) is 11.8 Å². The van der Waals surface area contributed by atoms with E-state index in [-0.39, 0.29) is 69.9 Å². The van der Waals surface area contributed by atoms with E-state index in [0.717, 1.165) is 39.7 Å². The van der Waals surface area contributed by atoms with Crippen molar-refractivity contribution in [2.75, 3.05) is 6.54 Å².